The first-order valence-electron chi connectivity index (χ1n) is 5.80. The number of nitrogens with one attached hydrogen (secondary N) is 2. The minimum atomic E-state index is -0.134. The van der Waals surface area contributed by atoms with Crippen molar-refractivity contribution in [2.45, 2.75) is 6.54 Å². The van der Waals surface area contributed by atoms with Crippen molar-refractivity contribution in [3.63, 3.8) is 0 Å². The zero-order valence-electron chi connectivity index (χ0n) is 10.0. The van der Waals surface area contributed by atoms with Gasteiger partial charge in [-0.25, -0.2) is 4.79 Å². The fourth-order valence-electron chi connectivity index (χ4n) is 1.78. The van der Waals surface area contributed by atoms with Gasteiger partial charge < -0.3 is 10.3 Å². The fourth-order valence-corrected chi connectivity index (χ4v) is 2.32. The molecule has 19 heavy (non-hydrogen) atoms. The minimum Gasteiger partial charge on any atom is -0.380 e. The summed E-state index contributed by atoms with van der Waals surface area (Å²) >= 11 is 1.62. The third-order valence-electron chi connectivity index (χ3n) is 2.74. The van der Waals surface area contributed by atoms with E-state index >= 15 is 0 Å². The summed E-state index contributed by atoms with van der Waals surface area (Å²) in [5, 5.41) is 3.31. The molecule has 3 rings (SSSR count). The highest BCUT2D eigenvalue weighted by Gasteiger charge is 2.00. The molecule has 2 heterocycles. The minimum absolute atomic E-state index is 0.134. The summed E-state index contributed by atoms with van der Waals surface area (Å²) in [6.07, 6.45) is 5.19. The lowest BCUT2D eigenvalue weighted by Crippen LogP contribution is -2.13. The molecule has 5 nitrogen and oxygen atoms in total. The first kappa shape index (κ1) is 11.7. The van der Waals surface area contributed by atoms with Crippen LogP contribution in [-0.2, 0) is 6.54 Å². The average Bonchev–Trinajstić information content (AvgIpc) is 3.08. The molecule has 6 heteroatoms. The monoisotopic (exact) mass is 272 g/mol. The zero-order chi connectivity index (χ0) is 13.1. The molecule has 0 saturated carbocycles. The lowest BCUT2D eigenvalue weighted by Gasteiger charge is -2.06. The van der Waals surface area contributed by atoms with Crippen molar-refractivity contribution in [1.82, 2.24) is 14.5 Å². The molecule has 0 amide bonds. The van der Waals surface area contributed by atoms with Gasteiger partial charge >= 0.3 is 5.69 Å². The van der Waals surface area contributed by atoms with E-state index in [4.69, 9.17) is 0 Å². The molecule has 0 aliphatic carbocycles. The van der Waals surface area contributed by atoms with E-state index in [1.165, 1.54) is 4.88 Å². The molecule has 0 fully saturated rings. The molecule has 0 unspecified atom stereocenters. The van der Waals surface area contributed by atoms with Crippen LogP contribution in [0.15, 0.2) is 53.2 Å². The molecule has 1 aromatic carbocycles. The predicted octanol–water partition coefficient (Wildman–Crippen LogP) is 2.23. The Morgan fingerprint density at radius 3 is 2.79 bits per heavy atom. The van der Waals surface area contributed by atoms with E-state index in [1.54, 1.807) is 28.3 Å². The Hall–Kier alpha value is -2.34. The highest BCUT2D eigenvalue weighted by Crippen LogP contribution is 2.14. The number of aromatic nitrogens is 3. The number of H-pyrrole nitrogens is 1. The third kappa shape index (κ3) is 2.58. The van der Waals surface area contributed by atoms with Gasteiger partial charge in [0.05, 0.1) is 17.7 Å². The molecule has 96 valence electrons. The molecule has 0 saturated heterocycles. The summed E-state index contributed by atoms with van der Waals surface area (Å²) in [4.78, 5) is 19.3. The van der Waals surface area contributed by atoms with Gasteiger partial charge in [-0.2, -0.15) is 0 Å². The van der Waals surface area contributed by atoms with Crippen LogP contribution in [0.5, 0.6) is 0 Å². The van der Waals surface area contributed by atoms with Crippen molar-refractivity contribution < 1.29 is 0 Å². The molecule has 0 aliphatic rings. The van der Waals surface area contributed by atoms with Gasteiger partial charge in [0.25, 0.3) is 0 Å². The summed E-state index contributed by atoms with van der Waals surface area (Å²) in [7, 11) is 0. The topological polar surface area (TPSA) is 62.7 Å². The standard InChI is InChI=1S/C13H12N4OS/c18-13-15-5-6-17(13)11-3-1-10(2-4-11)16-8-12-7-14-9-19-12/h1-7,9,16H,8H2,(H,15,18). The van der Waals surface area contributed by atoms with Crippen LogP contribution in [0, 0.1) is 0 Å². The van der Waals surface area contributed by atoms with Crippen LogP contribution in [0.3, 0.4) is 0 Å². The second kappa shape index (κ2) is 5.11. The summed E-state index contributed by atoms with van der Waals surface area (Å²) < 4.78 is 1.56. The van der Waals surface area contributed by atoms with Gasteiger partial charge in [-0.15, -0.1) is 11.3 Å². The molecule has 0 spiro atoms. The Kier molecular flexibility index (Phi) is 3.16. The normalized spacial score (nSPS) is 10.5. The molecule has 2 N–H and O–H groups in total. The predicted molar refractivity (Wildman–Crippen MR) is 75.8 cm³/mol. The van der Waals surface area contributed by atoms with Crippen molar-refractivity contribution in [2.75, 3.05) is 5.32 Å². The van der Waals surface area contributed by atoms with E-state index in [0.717, 1.165) is 17.9 Å². The van der Waals surface area contributed by atoms with Crippen molar-refractivity contribution >= 4 is 17.0 Å². The molecule has 3 aromatic rings. The molecule has 0 atom stereocenters. The first-order valence-corrected chi connectivity index (χ1v) is 6.68. The van der Waals surface area contributed by atoms with Crippen molar-refractivity contribution in [1.29, 1.82) is 0 Å². The Morgan fingerprint density at radius 1 is 1.32 bits per heavy atom. The molecular weight excluding hydrogens is 260 g/mol. The van der Waals surface area contributed by atoms with Gasteiger partial charge in [-0.3, -0.25) is 9.55 Å². The molecule has 0 aliphatic heterocycles. The number of nitrogens with zero attached hydrogens (tertiary/aromatic N) is 2. The summed E-state index contributed by atoms with van der Waals surface area (Å²) in [6, 6.07) is 7.72. The van der Waals surface area contributed by atoms with Gasteiger partial charge in [0.2, 0.25) is 0 Å². The van der Waals surface area contributed by atoms with E-state index in [1.807, 2.05) is 36.0 Å². The lowest BCUT2D eigenvalue weighted by molar-refractivity contribution is 0.987. The van der Waals surface area contributed by atoms with Crippen LogP contribution in [0.4, 0.5) is 5.69 Å². The smallest absolute Gasteiger partial charge is 0.330 e. The Morgan fingerprint density at radius 2 is 2.16 bits per heavy atom. The second-order valence-corrected chi connectivity index (χ2v) is 4.97. The van der Waals surface area contributed by atoms with E-state index in [0.29, 0.717) is 0 Å². The van der Waals surface area contributed by atoms with Gasteiger partial charge in [0, 0.05) is 29.2 Å². The highest BCUT2D eigenvalue weighted by atomic mass is 32.1. The van der Waals surface area contributed by atoms with E-state index in [2.05, 4.69) is 15.3 Å². The number of hydrogen-bond donors (Lipinski definition) is 2. The first-order chi connectivity index (χ1) is 9.33. The number of thiazole rings is 1. The maximum atomic E-state index is 11.5. The Balaban J connectivity index is 1.72. The number of hydrogen-bond acceptors (Lipinski definition) is 4. The number of aromatic amines is 1. The fraction of sp³-hybridized carbons (Fsp3) is 0.0769. The van der Waals surface area contributed by atoms with Crippen LogP contribution in [-0.4, -0.2) is 14.5 Å². The Labute approximate surface area is 113 Å². The van der Waals surface area contributed by atoms with E-state index in [-0.39, 0.29) is 5.69 Å². The molecule has 2 aromatic heterocycles. The third-order valence-corrected chi connectivity index (χ3v) is 3.52. The van der Waals surface area contributed by atoms with E-state index in [9.17, 15) is 4.79 Å². The SMILES string of the molecule is O=c1[nH]ccn1-c1ccc(NCc2cncs2)cc1. The van der Waals surface area contributed by atoms with Gasteiger partial charge in [-0.05, 0) is 24.3 Å². The number of benzene rings is 1. The van der Waals surface area contributed by atoms with Crippen LogP contribution >= 0.6 is 11.3 Å². The van der Waals surface area contributed by atoms with E-state index < -0.39 is 0 Å². The van der Waals surface area contributed by atoms with Crippen molar-refractivity contribution in [2.24, 2.45) is 0 Å². The van der Waals surface area contributed by atoms with Crippen LogP contribution in [0.25, 0.3) is 5.69 Å². The summed E-state index contributed by atoms with van der Waals surface area (Å²) in [6.45, 7) is 0.758. The van der Waals surface area contributed by atoms with Crippen LogP contribution in [0.2, 0.25) is 0 Å². The summed E-state index contributed by atoms with van der Waals surface area (Å²) in [5.74, 6) is 0. The lowest BCUT2D eigenvalue weighted by atomic mass is 10.2. The van der Waals surface area contributed by atoms with Gasteiger partial charge in [-0.1, -0.05) is 0 Å². The summed E-state index contributed by atoms with van der Waals surface area (Å²) in [5.41, 5.74) is 3.54. The largest absolute Gasteiger partial charge is 0.380 e. The second-order valence-electron chi connectivity index (χ2n) is 4.00. The highest BCUT2D eigenvalue weighted by molar-refractivity contribution is 7.09. The number of anilines is 1. The number of rotatable bonds is 4. The maximum absolute atomic E-state index is 11.5. The zero-order valence-corrected chi connectivity index (χ0v) is 10.9. The van der Waals surface area contributed by atoms with Gasteiger partial charge in [0.15, 0.2) is 0 Å². The Bertz CT molecular complexity index is 697. The molecule has 0 radical (unpaired) electrons. The van der Waals surface area contributed by atoms with Gasteiger partial charge in [0.1, 0.15) is 0 Å². The van der Waals surface area contributed by atoms with Crippen molar-refractivity contribution in [3.05, 3.63) is 63.7 Å². The molecular formula is C13H12N4OS. The quantitative estimate of drug-likeness (QED) is 0.765. The van der Waals surface area contributed by atoms with Crippen LogP contribution in [0.1, 0.15) is 4.88 Å². The van der Waals surface area contributed by atoms with Crippen LogP contribution < -0.4 is 11.0 Å². The van der Waals surface area contributed by atoms with Crippen molar-refractivity contribution in [3.8, 4) is 5.69 Å². The molecule has 0 bridgehead atoms. The number of imidazole rings is 1. The average molecular weight is 272 g/mol. The maximum Gasteiger partial charge on any atom is 0.330 e.